The van der Waals surface area contributed by atoms with E-state index in [9.17, 15) is 0 Å². The van der Waals surface area contributed by atoms with Gasteiger partial charge in [-0.2, -0.15) is 0 Å². The van der Waals surface area contributed by atoms with Crippen molar-refractivity contribution in [2.24, 2.45) is 11.1 Å². The second kappa shape index (κ2) is 2.67. The normalized spacial score (nSPS) is 19.3. The van der Waals surface area contributed by atoms with Crippen LogP contribution in [0.4, 0.5) is 0 Å². The van der Waals surface area contributed by atoms with Crippen LogP contribution in [0.2, 0.25) is 0 Å². The maximum Gasteiger partial charge on any atom is 0.0668 e. The maximum atomic E-state index is 9.03. The fourth-order valence-corrected chi connectivity index (χ4v) is 0.724. The van der Waals surface area contributed by atoms with Gasteiger partial charge in [0.25, 0.3) is 0 Å². The zero-order valence-corrected chi connectivity index (χ0v) is 6.68. The highest BCUT2D eigenvalue weighted by molar-refractivity contribution is 4.80. The van der Waals surface area contributed by atoms with Gasteiger partial charge in [-0.15, -0.1) is 0 Å². The van der Waals surface area contributed by atoms with E-state index in [0.717, 1.165) is 0 Å². The van der Waals surface area contributed by atoms with E-state index in [2.05, 4.69) is 0 Å². The molecule has 2 heteroatoms. The maximum absolute atomic E-state index is 9.03. The van der Waals surface area contributed by atoms with E-state index >= 15 is 0 Å². The Bertz CT molecular complexity index is 83.4. The molecule has 0 saturated heterocycles. The predicted octanol–water partition coefficient (Wildman–Crippen LogP) is 0.741. The highest BCUT2D eigenvalue weighted by Gasteiger charge is 2.24. The minimum Gasteiger partial charge on any atom is -0.392 e. The van der Waals surface area contributed by atoms with Gasteiger partial charge in [-0.25, -0.2) is 0 Å². The molecule has 0 aromatic carbocycles. The Hall–Kier alpha value is -0.0800. The third-order valence-corrected chi connectivity index (χ3v) is 1.52. The molecule has 9 heavy (non-hydrogen) atoms. The lowest BCUT2D eigenvalue weighted by molar-refractivity contribution is 0.108. The monoisotopic (exact) mass is 131 g/mol. The molecule has 0 aliphatic carbocycles. The van der Waals surface area contributed by atoms with Gasteiger partial charge < -0.3 is 10.8 Å². The van der Waals surface area contributed by atoms with Gasteiger partial charge in [0, 0.05) is 6.04 Å². The topological polar surface area (TPSA) is 46.2 Å². The van der Waals surface area contributed by atoms with Gasteiger partial charge in [0.1, 0.15) is 0 Å². The number of rotatable bonds is 1. The fraction of sp³-hybridized carbons (Fsp3) is 1.00. The largest absolute Gasteiger partial charge is 0.392 e. The molecule has 0 heterocycles. The summed E-state index contributed by atoms with van der Waals surface area (Å²) in [6, 6.07) is -0.127. The van der Waals surface area contributed by atoms with Gasteiger partial charge in [0.15, 0.2) is 0 Å². The summed E-state index contributed by atoms with van der Waals surface area (Å²) in [6.07, 6.45) is -0.412. The van der Waals surface area contributed by atoms with E-state index in [-0.39, 0.29) is 11.5 Å². The summed E-state index contributed by atoms with van der Waals surface area (Å²) in [7, 11) is 0. The summed E-state index contributed by atoms with van der Waals surface area (Å²) in [4.78, 5) is 0. The lowest BCUT2D eigenvalue weighted by Gasteiger charge is -2.29. The Balaban J connectivity index is 3.88. The second-order valence-electron chi connectivity index (χ2n) is 3.63. The molecule has 56 valence electrons. The van der Waals surface area contributed by atoms with Crippen molar-refractivity contribution < 1.29 is 5.11 Å². The highest BCUT2D eigenvalue weighted by atomic mass is 16.3. The minimum atomic E-state index is -0.412. The molecule has 2 atom stereocenters. The summed E-state index contributed by atoms with van der Waals surface area (Å²) < 4.78 is 0. The average molecular weight is 131 g/mol. The Morgan fingerprint density at radius 1 is 1.33 bits per heavy atom. The third kappa shape index (κ3) is 2.82. The van der Waals surface area contributed by atoms with Gasteiger partial charge in [0.2, 0.25) is 0 Å². The quantitative estimate of drug-likeness (QED) is 0.551. The fourth-order valence-electron chi connectivity index (χ4n) is 0.724. The Morgan fingerprint density at radius 2 is 1.67 bits per heavy atom. The Labute approximate surface area is 57.1 Å². The van der Waals surface area contributed by atoms with Gasteiger partial charge in [0.05, 0.1) is 6.10 Å². The third-order valence-electron chi connectivity index (χ3n) is 1.52. The van der Waals surface area contributed by atoms with E-state index in [4.69, 9.17) is 10.8 Å². The number of aliphatic hydroxyl groups excluding tert-OH is 1. The standard InChI is InChI=1S/C7H17NO/c1-5(9)6(8)7(2,3)4/h5-6,9H,8H2,1-4H3. The highest BCUT2D eigenvalue weighted by Crippen LogP contribution is 2.19. The molecule has 3 N–H and O–H groups in total. The molecule has 0 bridgehead atoms. The van der Waals surface area contributed by atoms with Crippen molar-refractivity contribution in [2.75, 3.05) is 0 Å². The van der Waals surface area contributed by atoms with Gasteiger partial charge >= 0.3 is 0 Å². The summed E-state index contributed by atoms with van der Waals surface area (Å²) in [5.74, 6) is 0. The van der Waals surface area contributed by atoms with E-state index in [0.29, 0.717) is 0 Å². The van der Waals surface area contributed by atoms with Crippen molar-refractivity contribution in [3.8, 4) is 0 Å². The number of hydrogen-bond donors (Lipinski definition) is 2. The van der Waals surface area contributed by atoms with Crippen molar-refractivity contribution in [2.45, 2.75) is 39.8 Å². The SMILES string of the molecule is CC(O)C(N)C(C)(C)C. The molecular weight excluding hydrogens is 114 g/mol. The van der Waals surface area contributed by atoms with Crippen molar-refractivity contribution in [1.29, 1.82) is 0 Å². The van der Waals surface area contributed by atoms with E-state index in [1.54, 1.807) is 6.92 Å². The number of hydrogen-bond acceptors (Lipinski definition) is 2. The van der Waals surface area contributed by atoms with Crippen LogP contribution in [-0.4, -0.2) is 17.3 Å². The predicted molar refractivity (Wildman–Crippen MR) is 39.1 cm³/mol. The van der Waals surface area contributed by atoms with E-state index in [1.165, 1.54) is 0 Å². The molecule has 0 rings (SSSR count). The van der Waals surface area contributed by atoms with Crippen LogP contribution in [0, 0.1) is 5.41 Å². The summed E-state index contributed by atoms with van der Waals surface area (Å²) in [5, 5.41) is 9.03. The van der Waals surface area contributed by atoms with Crippen LogP contribution in [0.5, 0.6) is 0 Å². The van der Waals surface area contributed by atoms with Crippen LogP contribution in [0.1, 0.15) is 27.7 Å². The molecular formula is C7H17NO. The van der Waals surface area contributed by atoms with E-state index in [1.807, 2.05) is 20.8 Å². The number of aliphatic hydroxyl groups is 1. The van der Waals surface area contributed by atoms with E-state index < -0.39 is 6.10 Å². The lowest BCUT2D eigenvalue weighted by Crippen LogP contribution is -2.43. The molecule has 0 radical (unpaired) electrons. The van der Waals surface area contributed by atoms with Gasteiger partial charge in [-0.3, -0.25) is 0 Å². The first-order valence-electron chi connectivity index (χ1n) is 3.29. The molecule has 2 unspecified atom stereocenters. The number of nitrogens with two attached hydrogens (primary N) is 1. The first-order valence-corrected chi connectivity index (χ1v) is 3.29. The summed E-state index contributed by atoms with van der Waals surface area (Å²) >= 11 is 0. The first-order chi connectivity index (χ1) is 3.85. The molecule has 0 aliphatic heterocycles. The van der Waals surface area contributed by atoms with Gasteiger partial charge in [-0.05, 0) is 12.3 Å². The molecule has 0 aromatic heterocycles. The molecule has 0 amide bonds. The molecule has 0 fully saturated rings. The van der Waals surface area contributed by atoms with Crippen LogP contribution >= 0.6 is 0 Å². The van der Waals surface area contributed by atoms with Crippen LogP contribution in [0.15, 0.2) is 0 Å². The van der Waals surface area contributed by atoms with Crippen LogP contribution in [-0.2, 0) is 0 Å². The van der Waals surface area contributed by atoms with Crippen LogP contribution in [0.3, 0.4) is 0 Å². The average Bonchev–Trinajstić information content (AvgIpc) is 1.62. The zero-order chi connectivity index (χ0) is 7.65. The minimum absolute atomic E-state index is 0.00810. The van der Waals surface area contributed by atoms with Crippen molar-refractivity contribution in [3.05, 3.63) is 0 Å². The van der Waals surface area contributed by atoms with Gasteiger partial charge in [-0.1, -0.05) is 20.8 Å². The smallest absolute Gasteiger partial charge is 0.0668 e. The van der Waals surface area contributed by atoms with Crippen molar-refractivity contribution in [1.82, 2.24) is 0 Å². The lowest BCUT2D eigenvalue weighted by atomic mass is 9.85. The summed E-state index contributed by atoms with van der Waals surface area (Å²) in [6.45, 7) is 7.77. The van der Waals surface area contributed by atoms with Crippen molar-refractivity contribution >= 4 is 0 Å². The second-order valence-corrected chi connectivity index (χ2v) is 3.63. The Morgan fingerprint density at radius 3 is 1.67 bits per heavy atom. The molecule has 0 aromatic rings. The zero-order valence-electron chi connectivity index (χ0n) is 6.68. The molecule has 0 spiro atoms. The summed E-state index contributed by atoms with van der Waals surface area (Å²) in [5.41, 5.74) is 5.65. The molecule has 2 nitrogen and oxygen atoms in total. The van der Waals surface area contributed by atoms with Crippen LogP contribution < -0.4 is 5.73 Å². The Kier molecular flexibility index (Phi) is 2.65. The molecule has 0 aliphatic rings. The first kappa shape index (κ1) is 8.92. The van der Waals surface area contributed by atoms with Crippen LogP contribution in [0.25, 0.3) is 0 Å². The van der Waals surface area contributed by atoms with Crippen molar-refractivity contribution in [3.63, 3.8) is 0 Å². The molecule has 0 saturated carbocycles.